The first kappa shape index (κ1) is 14.7. The predicted molar refractivity (Wildman–Crippen MR) is 85.6 cm³/mol. The van der Waals surface area contributed by atoms with Gasteiger partial charge in [0.15, 0.2) is 0 Å². The quantitative estimate of drug-likeness (QED) is 0.908. The summed E-state index contributed by atoms with van der Waals surface area (Å²) in [5.74, 6) is -0.292. The normalized spacial score (nSPS) is 11.6. The van der Waals surface area contributed by atoms with E-state index in [2.05, 4.69) is 24.3 Å². The van der Waals surface area contributed by atoms with Crippen molar-refractivity contribution in [1.29, 1.82) is 0 Å². The highest BCUT2D eigenvalue weighted by Gasteiger charge is 2.31. The molecule has 3 heteroatoms. The van der Waals surface area contributed by atoms with Crippen LogP contribution in [0.3, 0.4) is 0 Å². The van der Waals surface area contributed by atoms with Crippen LogP contribution in [-0.4, -0.2) is 10.7 Å². The highest BCUT2D eigenvalue weighted by molar-refractivity contribution is 8.01. The number of carbonyl (C=O) groups excluding carboxylic acids is 1. The van der Waals surface area contributed by atoms with Gasteiger partial charge in [-0.1, -0.05) is 60.7 Å². The molecule has 0 heterocycles. The number of hydrogen-bond acceptors (Lipinski definition) is 2. The van der Waals surface area contributed by atoms with Crippen molar-refractivity contribution in [1.82, 2.24) is 0 Å². The van der Waals surface area contributed by atoms with E-state index in [0.717, 1.165) is 0 Å². The molecule has 0 unspecified atom stereocenters. The molecule has 2 aromatic carbocycles. The maximum absolute atomic E-state index is 11.6. The van der Waals surface area contributed by atoms with Gasteiger partial charge in [0.2, 0.25) is 5.91 Å². The standard InChI is InChI=1S/C17H19NOS/c1-17(2,16(18)19)20-15(13-9-5-3-6-10-13)14-11-7-4-8-12-14/h3-12,15H,1-2H3,(H2,18,19). The predicted octanol–water partition coefficient (Wildman–Crippen LogP) is 3.77. The Kier molecular flexibility index (Phi) is 4.50. The van der Waals surface area contributed by atoms with Crippen LogP contribution < -0.4 is 5.73 Å². The molecule has 104 valence electrons. The number of nitrogens with two attached hydrogens (primary N) is 1. The molecule has 0 fully saturated rings. The van der Waals surface area contributed by atoms with Gasteiger partial charge in [-0.2, -0.15) is 0 Å². The summed E-state index contributed by atoms with van der Waals surface area (Å²) in [6.45, 7) is 3.75. The van der Waals surface area contributed by atoms with Gasteiger partial charge >= 0.3 is 0 Å². The Morgan fingerprint density at radius 2 is 1.35 bits per heavy atom. The summed E-state index contributed by atoms with van der Waals surface area (Å²) in [5.41, 5.74) is 7.87. The van der Waals surface area contributed by atoms with Crippen LogP contribution >= 0.6 is 11.8 Å². The van der Waals surface area contributed by atoms with Gasteiger partial charge in [0.05, 0.1) is 10.00 Å². The maximum atomic E-state index is 11.6. The molecule has 0 aliphatic heterocycles. The van der Waals surface area contributed by atoms with E-state index in [1.165, 1.54) is 11.1 Å². The van der Waals surface area contributed by atoms with Crippen molar-refractivity contribution in [3.63, 3.8) is 0 Å². The van der Waals surface area contributed by atoms with E-state index < -0.39 is 4.75 Å². The number of benzene rings is 2. The second kappa shape index (κ2) is 6.14. The van der Waals surface area contributed by atoms with Gasteiger partial charge in [0.25, 0.3) is 0 Å². The van der Waals surface area contributed by atoms with Crippen LogP contribution in [0.15, 0.2) is 60.7 Å². The third kappa shape index (κ3) is 3.42. The first-order chi connectivity index (χ1) is 9.50. The minimum absolute atomic E-state index is 0.0971. The van der Waals surface area contributed by atoms with Gasteiger partial charge in [-0.05, 0) is 25.0 Å². The Bertz CT molecular complexity index is 527. The average Bonchev–Trinajstić information content (AvgIpc) is 2.46. The molecule has 0 spiro atoms. The Hall–Kier alpha value is -1.74. The molecule has 0 radical (unpaired) electrons. The number of carbonyl (C=O) groups is 1. The highest BCUT2D eigenvalue weighted by atomic mass is 32.2. The number of rotatable bonds is 5. The summed E-state index contributed by atoms with van der Waals surface area (Å²) >= 11 is 1.59. The minimum Gasteiger partial charge on any atom is -0.368 e. The lowest BCUT2D eigenvalue weighted by atomic mass is 10.0. The molecule has 20 heavy (non-hydrogen) atoms. The lowest BCUT2D eigenvalue weighted by Gasteiger charge is -2.27. The SMILES string of the molecule is CC(C)(SC(c1ccccc1)c1ccccc1)C(N)=O. The van der Waals surface area contributed by atoms with Crippen molar-refractivity contribution >= 4 is 17.7 Å². The van der Waals surface area contributed by atoms with E-state index in [9.17, 15) is 4.79 Å². The Balaban J connectivity index is 2.38. The van der Waals surface area contributed by atoms with E-state index in [-0.39, 0.29) is 11.2 Å². The first-order valence-electron chi connectivity index (χ1n) is 6.58. The zero-order valence-electron chi connectivity index (χ0n) is 11.7. The van der Waals surface area contributed by atoms with Crippen molar-refractivity contribution in [3.8, 4) is 0 Å². The van der Waals surface area contributed by atoms with E-state index in [0.29, 0.717) is 0 Å². The van der Waals surface area contributed by atoms with Crippen LogP contribution in [0, 0.1) is 0 Å². The largest absolute Gasteiger partial charge is 0.368 e. The molecule has 0 aromatic heterocycles. The molecule has 0 aliphatic rings. The maximum Gasteiger partial charge on any atom is 0.233 e. The number of primary amides is 1. The molecule has 0 atom stereocenters. The number of amides is 1. The summed E-state index contributed by atoms with van der Waals surface area (Å²) < 4.78 is -0.615. The zero-order chi connectivity index (χ0) is 14.6. The molecule has 2 aromatic rings. The molecule has 0 saturated carbocycles. The highest BCUT2D eigenvalue weighted by Crippen LogP contribution is 2.42. The fourth-order valence-corrected chi connectivity index (χ4v) is 3.23. The topological polar surface area (TPSA) is 43.1 Å². The minimum atomic E-state index is -0.615. The van der Waals surface area contributed by atoms with Crippen molar-refractivity contribution in [2.75, 3.05) is 0 Å². The van der Waals surface area contributed by atoms with Crippen molar-refractivity contribution in [3.05, 3.63) is 71.8 Å². The Morgan fingerprint density at radius 3 is 1.70 bits per heavy atom. The van der Waals surface area contributed by atoms with E-state index in [1.807, 2.05) is 50.2 Å². The fraction of sp³-hybridized carbons (Fsp3) is 0.235. The lowest BCUT2D eigenvalue weighted by molar-refractivity contribution is -0.119. The van der Waals surface area contributed by atoms with Gasteiger partial charge in [-0.3, -0.25) is 4.79 Å². The van der Waals surface area contributed by atoms with Gasteiger partial charge in [0, 0.05) is 0 Å². The van der Waals surface area contributed by atoms with E-state index >= 15 is 0 Å². The monoisotopic (exact) mass is 285 g/mol. The Labute approximate surface area is 124 Å². The molecule has 2 N–H and O–H groups in total. The molecular weight excluding hydrogens is 266 g/mol. The third-order valence-electron chi connectivity index (χ3n) is 3.21. The van der Waals surface area contributed by atoms with E-state index in [4.69, 9.17) is 5.73 Å². The second-order valence-electron chi connectivity index (χ2n) is 5.19. The zero-order valence-corrected chi connectivity index (χ0v) is 12.6. The number of thioether (sulfide) groups is 1. The second-order valence-corrected chi connectivity index (χ2v) is 6.92. The van der Waals surface area contributed by atoms with Crippen LogP contribution in [0.25, 0.3) is 0 Å². The summed E-state index contributed by atoms with van der Waals surface area (Å²) in [6, 6.07) is 20.4. The molecule has 0 saturated heterocycles. The smallest absolute Gasteiger partial charge is 0.233 e. The third-order valence-corrected chi connectivity index (χ3v) is 4.78. The summed E-state index contributed by atoms with van der Waals surface area (Å²) in [5, 5.41) is 0.0971. The van der Waals surface area contributed by atoms with Gasteiger partial charge in [-0.15, -0.1) is 11.8 Å². The molecule has 0 aliphatic carbocycles. The average molecular weight is 285 g/mol. The molecular formula is C17H19NOS. The van der Waals surface area contributed by atoms with Crippen molar-refractivity contribution in [2.24, 2.45) is 5.73 Å². The van der Waals surface area contributed by atoms with Gasteiger partial charge < -0.3 is 5.73 Å². The number of hydrogen-bond donors (Lipinski definition) is 1. The van der Waals surface area contributed by atoms with Crippen LogP contribution in [-0.2, 0) is 4.79 Å². The summed E-state index contributed by atoms with van der Waals surface area (Å²) in [4.78, 5) is 11.6. The van der Waals surface area contributed by atoms with Crippen LogP contribution in [0.4, 0.5) is 0 Å². The van der Waals surface area contributed by atoms with Gasteiger partial charge in [0.1, 0.15) is 0 Å². The Morgan fingerprint density at radius 1 is 0.950 bits per heavy atom. The van der Waals surface area contributed by atoms with Crippen LogP contribution in [0.5, 0.6) is 0 Å². The van der Waals surface area contributed by atoms with Crippen LogP contribution in [0.1, 0.15) is 30.2 Å². The van der Waals surface area contributed by atoms with E-state index in [1.54, 1.807) is 11.8 Å². The van der Waals surface area contributed by atoms with Crippen LogP contribution in [0.2, 0.25) is 0 Å². The van der Waals surface area contributed by atoms with Gasteiger partial charge in [-0.25, -0.2) is 0 Å². The lowest BCUT2D eigenvalue weighted by Crippen LogP contribution is -2.35. The molecule has 2 rings (SSSR count). The van der Waals surface area contributed by atoms with Crippen molar-refractivity contribution in [2.45, 2.75) is 23.8 Å². The molecule has 0 bridgehead atoms. The molecule has 1 amide bonds. The van der Waals surface area contributed by atoms with Crippen molar-refractivity contribution < 1.29 is 4.79 Å². The molecule has 2 nitrogen and oxygen atoms in total. The first-order valence-corrected chi connectivity index (χ1v) is 7.46. The summed E-state index contributed by atoms with van der Waals surface area (Å²) in [6.07, 6.45) is 0. The summed E-state index contributed by atoms with van der Waals surface area (Å²) in [7, 11) is 0. The fourth-order valence-electron chi connectivity index (χ4n) is 1.94.